The number of hydrogen-bond donors (Lipinski definition) is 2. The van der Waals surface area contributed by atoms with Crippen LogP contribution in [0.15, 0.2) is 24.3 Å². The summed E-state index contributed by atoms with van der Waals surface area (Å²) in [4.78, 5) is 25.7. The highest BCUT2D eigenvalue weighted by Gasteiger charge is 2.22. The van der Waals surface area contributed by atoms with Gasteiger partial charge in [0.15, 0.2) is 0 Å². The molecule has 0 saturated carbocycles. The highest BCUT2D eigenvalue weighted by Crippen LogP contribution is 2.26. The molecule has 2 amide bonds. The van der Waals surface area contributed by atoms with Crippen LogP contribution < -0.4 is 16.0 Å². The Morgan fingerprint density at radius 2 is 2.09 bits per heavy atom. The minimum absolute atomic E-state index is 0. The van der Waals surface area contributed by atoms with E-state index in [-0.39, 0.29) is 36.8 Å². The van der Waals surface area contributed by atoms with Gasteiger partial charge in [-0.15, -0.1) is 12.4 Å². The quantitative estimate of drug-likeness (QED) is 0.864. The number of aryl methyl sites for hydroxylation is 1. The predicted molar refractivity (Wildman–Crippen MR) is 90.3 cm³/mol. The van der Waals surface area contributed by atoms with Crippen molar-refractivity contribution in [2.75, 3.05) is 18.0 Å². The first-order chi connectivity index (χ1) is 10.1. The summed E-state index contributed by atoms with van der Waals surface area (Å²) in [6.07, 6.45) is 2.95. The molecule has 122 valence electrons. The van der Waals surface area contributed by atoms with Crippen LogP contribution >= 0.6 is 12.4 Å². The highest BCUT2D eigenvalue weighted by atomic mass is 35.5. The molecular formula is C16H24ClN3O2. The van der Waals surface area contributed by atoms with Crippen molar-refractivity contribution in [3.63, 3.8) is 0 Å². The van der Waals surface area contributed by atoms with Crippen LogP contribution in [0.25, 0.3) is 0 Å². The van der Waals surface area contributed by atoms with Crippen molar-refractivity contribution in [1.29, 1.82) is 0 Å². The number of nitrogens with one attached hydrogen (secondary N) is 1. The number of hydrogen-bond acceptors (Lipinski definition) is 3. The molecule has 1 aromatic rings. The first kappa shape index (κ1) is 18.5. The third-order valence-electron chi connectivity index (χ3n) is 3.67. The Hall–Kier alpha value is -1.59. The summed E-state index contributed by atoms with van der Waals surface area (Å²) in [5.74, 6) is -0.178. The standard InChI is InChI=1S/C16H23N3O2.ClH/c1-12(17)8-9-15(20)18-11-16(21)19-10-4-6-13-5-2-3-7-14(13)19;/h2-3,5,7,12H,4,6,8-11,17H2,1H3,(H,18,20);1H. The van der Waals surface area contributed by atoms with Gasteiger partial charge in [0.2, 0.25) is 11.8 Å². The summed E-state index contributed by atoms with van der Waals surface area (Å²) in [6.45, 7) is 2.63. The molecule has 0 aliphatic carbocycles. The van der Waals surface area contributed by atoms with E-state index in [0.717, 1.165) is 18.5 Å². The Bertz CT molecular complexity index is 520. The average Bonchev–Trinajstić information content (AvgIpc) is 2.50. The second-order valence-corrected chi connectivity index (χ2v) is 5.57. The van der Waals surface area contributed by atoms with Gasteiger partial charge in [0.1, 0.15) is 0 Å². The lowest BCUT2D eigenvalue weighted by Crippen LogP contribution is -2.42. The molecule has 1 aliphatic heterocycles. The summed E-state index contributed by atoms with van der Waals surface area (Å²) < 4.78 is 0. The molecule has 3 N–H and O–H groups in total. The Balaban J connectivity index is 0.00000242. The molecule has 0 saturated heterocycles. The van der Waals surface area contributed by atoms with Crippen molar-refractivity contribution in [1.82, 2.24) is 5.32 Å². The normalized spacial score (nSPS) is 14.5. The molecular weight excluding hydrogens is 302 g/mol. The second-order valence-electron chi connectivity index (χ2n) is 5.57. The predicted octanol–water partition coefficient (Wildman–Crippen LogP) is 1.63. The molecule has 0 bridgehead atoms. The lowest BCUT2D eigenvalue weighted by molar-refractivity contribution is -0.125. The van der Waals surface area contributed by atoms with Gasteiger partial charge < -0.3 is 16.0 Å². The van der Waals surface area contributed by atoms with Gasteiger partial charge in [-0.25, -0.2) is 0 Å². The van der Waals surface area contributed by atoms with Crippen LogP contribution in [-0.2, 0) is 16.0 Å². The van der Waals surface area contributed by atoms with Gasteiger partial charge in [-0.05, 0) is 37.8 Å². The van der Waals surface area contributed by atoms with E-state index in [9.17, 15) is 9.59 Å². The van der Waals surface area contributed by atoms with E-state index in [2.05, 4.69) is 11.4 Å². The summed E-state index contributed by atoms with van der Waals surface area (Å²) in [5.41, 5.74) is 7.78. The van der Waals surface area contributed by atoms with Gasteiger partial charge in [0, 0.05) is 24.7 Å². The number of halogens is 1. The van der Waals surface area contributed by atoms with E-state index in [1.165, 1.54) is 5.56 Å². The number of benzene rings is 1. The van der Waals surface area contributed by atoms with Crippen LogP contribution in [0.2, 0.25) is 0 Å². The van der Waals surface area contributed by atoms with Gasteiger partial charge in [0.05, 0.1) is 6.54 Å². The Labute approximate surface area is 137 Å². The number of fused-ring (bicyclic) bond motifs is 1. The lowest BCUT2D eigenvalue weighted by Gasteiger charge is -2.29. The first-order valence-electron chi connectivity index (χ1n) is 7.48. The van der Waals surface area contributed by atoms with Gasteiger partial charge in [-0.3, -0.25) is 9.59 Å². The molecule has 1 aromatic carbocycles. The number of para-hydroxylation sites is 1. The van der Waals surface area contributed by atoms with Crippen molar-refractivity contribution in [2.24, 2.45) is 5.73 Å². The zero-order valence-corrected chi connectivity index (χ0v) is 13.7. The van der Waals surface area contributed by atoms with Crippen molar-refractivity contribution >= 4 is 29.9 Å². The van der Waals surface area contributed by atoms with Crippen molar-refractivity contribution in [3.05, 3.63) is 29.8 Å². The zero-order chi connectivity index (χ0) is 15.2. The Morgan fingerprint density at radius 3 is 2.82 bits per heavy atom. The summed E-state index contributed by atoms with van der Waals surface area (Å²) in [5, 5.41) is 2.68. The van der Waals surface area contributed by atoms with Crippen LogP contribution in [0, 0.1) is 0 Å². The number of nitrogens with two attached hydrogens (primary N) is 1. The van der Waals surface area contributed by atoms with Crippen LogP contribution in [0.1, 0.15) is 31.7 Å². The largest absolute Gasteiger partial charge is 0.347 e. The second kappa shape index (κ2) is 8.76. The van der Waals surface area contributed by atoms with E-state index in [1.807, 2.05) is 25.1 Å². The molecule has 1 heterocycles. The fourth-order valence-corrected chi connectivity index (χ4v) is 2.51. The van der Waals surface area contributed by atoms with E-state index in [1.54, 1.807) is 4.90 Å². The minimum atomic E-state index is -0.119. The number of carbonyl (C=O) groups excluding carboxylic acids is 2. The van der Waals surface area contributed by atoms with Gasteiger partial charge in [-0.2, -0.15) is 0 Å². The number of anilines is 1. The molecule has 2 rings (SSSR count). The smallest absolute Gasteiger partial charge is 0.246 e. The molecule has 6 heteroatoms. The van der Waals surface area contributed by atoms with Crippen LogP contribution in [0.4, 0.5) is 5.69 Å². The molecule has 5 nitrogen and oxygen atoms in total. The van der Waals surface area contributed by atoms with E-state index >= 15 is 0 Å². The molecule has 0 radical (unpaired) electrons. The molecule has 22 heavy (non-hydrogen) atoms. The van der Waals surface area contributed by atoms with E-state index in [4.69, 9.17) is 5.73 Å². The Kier molecular flexibility index (Phi) is 7.35. The monoisotopic (exact) mass is 325 g/mol. The zero-order valence-electron chi connectivity index (χ0n) is 12.9. The SMILES string of the molecule is CC(N)CCC(=O)NCC(=O)N1CCCc2ccccc21.Cl. The summed E-state index contributed by atoms with van der Waals surface area (Å²) in [6, 6.07) is 7.94. The van der Waals surface area contributed by atoms with Crippen LogP contribution in [-0.4, -0.2) is 30.9 Å². The number of amides is 2. The first-order valence-corrected chi connectivity index (χ1v) is 7.48. The average molecular weight is 326 g/mol. The number of nitrogens with zero attached hydrogens (tertiary/aromatic N) is 1. The van der Waals surface area contributed by atoms with Crippen molar-refractivity contribution in [2.45, 2.75) is 38.6 Å². The Morgan fingerprint density at radius 1 is 1.36 bits per heavy atom. The molecule has 1 aliphatic rings. The van der Waals surface area contributed by atoms with E-state index < -0.39 is 0 Å². The molecule has 0 fully saturated rings. The molecule has 1 atom stereocenters. The number of carbonyl (C=O) groups is 2. The maximum absolute atomic E-state index is 12.3. The summed E-state index contributed by atoms with van der Waals surface area (Å²) in [7, 11) is 0. The maximum Gasteiger partial charge on any atom is 0.246 e. The van der Waals surface area contributed by atoms with Crippen LogP contribution in [0.3, 0.4) is 0 Å². The third-order valence-corrected chi connectivity index (χ3v) is 3.67. The lowest BCUT2D eigenvalue weighted by atomic mass is 10.0. The fraction of sp³-hybridized carbons (Fsp3) is 0.500. The third kappa shape index (κ3) is 5.00. The molecule has 0 spiro atoms. The topological polar surface area (TPSA) is 75.4 Å². The van der Waals surface area contributed by atoms with E-state index in [0.29, 0.717) is 19.4 Å². The maximum atomic E-state index is 12.3. The summed E-state index contributed by atoms with van der Waals surface area (Å²) >= 11 is 0. The van der Waals surface area contributed by atoms with Gasteiger partial charge in [-0.1, -0.05) is 18.2 Å². The fourth-order valence-electron chi connectivity index (χ4n) is 2.51. The van der Waals surface area contributed by atoms with Crippen molar-refractivity contribution < 1.29 is 9.59 Å². The van der Waals surface area contributed by atoms with Crippen molar-refractivity contribution in [3.8, 4) is 0 Å². The minimum Gasteiger partial charge on any atom is -0.347 e. The highest BCUT2D eigenvalue weighted by molar-refractivity contribution is 5.97. The molecule has 1 unspecified atom stereocenters. The van der Waals surface area contributed by atoms with Gasteiger partial charge >= 0.3 is 0 Å². The van der Waals surface area contributed by atoms with Gasteiger partial charge in [0.25, 0.3) is 0 Å². The molecule has 0 aromatic heterocycles. The van der Waals surface area contributed by atoms with Crippen LogP contribution in [0.5, 0.6) is 0 Å². The number of rotatable bonds is 5.